The van der Waals surface area contributed by atoms with Gasteiger partial charge in [-0.1, -0.05) is 18.2 Å². The second-order valence-electron chi connectivity index (χ2n) is 5.36. The maximum Gasteiger partial charge on any atom is 0.302 e. The minimum atomic E-state index is -0.208. The van der Waals surface area contributed by atoms with Crippen LogP contribution in [0.25, 0.3) is 0 Å². The van der Waals surface area contributed by atoms with Crippen LogP contribution < -0.4 is 4.90 Å². The van der Waals surface area contributed by atoms with Gasteiger partial charge in [-0.25, -0.2) is 0 Å². The van der Waals surface area contributed by atoms with Crippen LogP contribution >= 0.6 is 0 Å². The van der Waals surface area contributed by atoms with Gasteiger partial charge < -0.3 is 14.4 Å². The fraction of sp³-hybridized carbons (Fsp3) is 0.562. The lowest BCUT2D eigenvalue weighted by atomic mass is 10.1. The fourth-order valence-electron chi connectivity index (χ4n) is 2.35. The first-order valence-corrected chi connectivity index (χ1v) is 7.17. The predicted molar refractivity (Wildman–Crippen MR) is 79.0 cm³/mol. The number of para-hydroxylation sites is 1. The maximum absolute atomic E-state index is 10.7. The van der Waals surface area contributed by atoms with Gasteiger partial charge in [0.05, 0.1) is 19.3 Å². The number of epoxide rings is 1. The average molecular weight is 277 g/mol. The third-order valence-electron chi connectivity index (χ3n) is 3.49. The summed E-state index contributed by atoms with van der Waals surface area (Å²) in [5.41, 5.74) is 2.67. The van der Waals surface area contributed by atoms with E-state index in [1.54, 1.807) is 0 Å². The predicted octanol–water partition coefficient (Wildman–Crippen LogP) is 2.41. The van der Waals surface area contributed by atoms with Crippen LogP contribution in [0.5, 0.6) is 0 Å². The standard InChI is InChI=1S/C13H17NO2.C3H6O/c1-10-9-12-5-3-4-6-13(12)14(10)7-8-16-11(2)15;1-3-2-4-3/h3-6,10H,7-9H2,1-2H3;3H,2H2,1H3. The molecule has 4 heteroatoms. The van der Waals surface area contributed by atoms with Crippen molar-refractivity contribution in [3.05, 3.63) is 29.8 Å². The topological polar surface area (TPSA) is 42.1 Å². The van der Waals surface area contributed by atoms with Gasteiger partial charge in [0.2, 0.25) is 0 Å². The van der Waals surface area contributed by atoms with Crippen molar-refractivity contribution < 1.29 is 14.3 Å². The van der Waals surface area contributed by atoms with Crippen molar-refractivity contribution >= 4 is 11.7 Å². The van der Waals surface area contributed by atoms with E-state index in [1.165, 1.54) is 18.2 Å². The molecule has 0 saturated carbocycles. The molecule has 3 rings (SSSR count). The second-order valence-corrected chi connectivity index (χ2v) is 5.36. The third-order valence-corrected chi connectivity index (χ3v) is 3.49. The van der Waals surface area contributed by atoms with Crippen molar-refractivity contribution in [2.75, 3.05) is 24.7 Å². The summed E-state index contributed by atoms with van der Waals surface area (Å²) in [5, 5.41) is 0. The van der Waals surface area contributed by atoms with Gasteiger partial charge in [-0.05, 0) is 31.9 Å². The number of hydrogen-bond acceptors (Lipinski definition) is 4. The van der Waals surface area contributed by atoms with Crippen LogP contribution in [0.4, 0.5) is 5.69 Å². The Bertz CT molecular complexity index is 457. The number of carbonyl (C=O) groups is 1. The molecule has 2 atom stereocenters. The quantitative estimate of drug-likeness (QED) is 0.628. The van der Waals surface area contributed by atoms with Crippen LogP contribution in [0.1, 0.15) is 26.3 Å². The molecule has 2 unspecified atom stereocenters. The summed E-state index contributed by atoms with van der Waals surface area (Å²) in [7, 11) is 0. The summed E-state index contributed by atoms with van der Waals surface area (Å²) in [6.45, 7) is 7.93. The largest absolute Gasteiger partial charge is 0.464 e. The van der Waals surface area contributed by atoms with Crippen molar-refractivity contribution in [3.8, 4) is 0 Å². The van der Waals surface area contributed by atoms with E-state index in [-0.39, 0.29) is 5.97 Å². The van der Waals surface area contributed by atoms with E-state index >= 15 is 0 Å². The SMILES string of the molecule is CC(=O)OCCN1c2ccccc2CC1C.CC1CO1. The Morgan fingerprint density at radius 3 is 2.65 bits per heavy atom. The first kappa shape index (κ1) is 14.9. The Labute approximate surface area is 120 Å². The highest BCUT2D eigenvalue weighted by Crippen LogP contribution is 2.31. The summed E-state index contributed by atoms with van der Waals surface area (Å²) in [6.07, 6.45) is 1.66. The maximum atomic E-state index is 10.7. The molecule has 2 aliphatic heterocycles. The molecule has 0 spiro atoms. The number of fused-ring (bicyclic) bond motifs is 1. The van der Waals surface area contributed by atoms with Crippen molar-refractivity contribution in [3.63, 3.8) is 0 Å². The molecule has 0 amide bonds. The number of ether oxygens (including phenoxy) is 2. The van der Waals surface area contributed by atoms with E-state index in [0.29, 0.717) is 18.8 Å². The molecular weight excluding hydrogens is 254 g/mol. The lowest BCUT2D eigenvalue weighted by Crippen LogP contribution is -2.32. The number of benzene rings is 1. The summed E-state index contributed by atoms with van der Waals surface area (Å²) < 4.78 is 9.69. The lowest BCUT2D eigenvalue weighted by molar-refractivity contribution is -0.140. The first-order chi connectivity index (χ1) is 9.58. The third kappa shape index (κ3) is 4.23. The number of carbonyl (C=O) groups excluding carboxylic acids is 1. The monoisotopic (exact) mass is 277 g/mol. The van der Waals surface area contributed by atoms with Gasteiger partial charge in [0.25, 0.3) is 0 Å². The zero-order valence-electron chi connectivity index (χ0n) is 12.5. The van der Waals surface area contributed by atoms with Gasteiger partial charge in [0.1, 0.15) is 6.61 Å². The van der Waals surface area contributed by atoms with Gasteiger partial charge in [-0.15, -0.1) is 0 Å². The molecule has 20 heavy (non-hydrogen) atoms. The molecule has 1 fully saturated rings. The van der Waals surface area contributed by atoms with Gasteiger partial charge in [-0.2, -0.15) is 0 Å². The molecule has 0 radical (unpaired) electrons. The van der Waals surface area contributed by atoms with Crippen LogP contribution in [-0.4, -0.2) is 37.9 Å². The molecule has 110 valence electrons. The molecule has 4 nitrogen and oxygen atoms in total. The highest BCUT2D eigenvalue weighted by molar-refractivity contribution is 5.66. The zero-order valence-corrected chi connectivity index (χ0v) is 12.5. The smallest absolute Gasteiger partial charge is 0.302 e. The summed E-state index contributed by atoms with van der Waals surface area (Å²) in [5.74, 6) is -0.208. The van der Waals surface area contributed by atoms with Crippen LogP contribution in [-0.2, 0) is 20.7 Å². The normalized spacial score (nSPS) is 22.6. The number of nitrogens with zero attached hydrogens (tertiary/aromatic N) is 1. The van der Waals surface area contributed by atoms with E-state index in [9.17, 15) is 4.79 Å². The summed E-state index contributed by atoms with van der Waals surface area (Å²) in [4.78, 5) is 13.0. The van der Waals surface area contributed by atoms with E-state index in [2.05, 4.69) is 43.0 Å². The second kappa shape index (κ2) is 6.75. The molecule has 0 bridgehead atoms. The molecule has 1 aromatic carbocycles. The van der Waals surface area contributed by atoms with Crippen molar-refractivity contribution in [2.24, 2.45) is 0 Å². The van der Waals surface area contributed by atoms with E-state index in [1.807, 2.05) is 0 Å². The number of rotatable bonds is 3. The minimum Gasteiger partial charge on any atom is -0.464 e. The Morgan fingerprint density at radius 2 is 2.05 bits per heavy atom. The summed E-state index contributed by atoms with van der Waals surface area (Å²) >= 11 is 0. The highest BCUT2D eigenvalue weighted by atomic mass is 16.6. The Morgan fingerprint density at radius 1 is 1.40 bits per heavy atom. The molecule has 0 aliphatic carbocycles. The molecular formula is C16H23NO3. The Balaban J connectivity index is 0.000000315. The number of anilines is 1. The van der Waals surface area contributed by atoms with Crippen LogP contribution in [0.2, 0.25) is 0 Å². The van der Waals surface area contributed by atoms with E-state index in [4.69, 9.17) is 9.47 Å². The van der Waals surface area contributed by atoms with Crippen LogP contribution in [0.3, 0.4) is 0 Å². The molecule has 1 aromatic rings. The molecule has 0 N–H and O–H groups in total. The summed E-state index contributed by atoms with van der Waals surface area (Å²) in [6, 6.07) is 8.91. The average Bonchev–Trinajstić information content (AvgIpc) is 3.11. The lowest BCUT2D eigenvalue weighted by Gasteiger charge is -2.24. The molecule has 2 heterocycles. The molecule has 0 aromatic heterocycles. The first-order valence-electron chi connectivity index (χ1n) is 7.17. The Kier molecular flexibility index (Phi) is 5.01. The highest BCUT2D eigenvalue weighted by Gasteiger charge is 2.24. The number of esters is 1. The van der Waals surface area contributed by atoms with Gasteiger partial charge in [-0.3, -0.25) is 4.79 Å². The van der Waals surface area contributed by atoms with E-state index < -0.39 is 0 Å². The Hall–Kier alpha value is -1.55. The molecule has 1 saturated heterocycles. The zero-order chi connectivity index (χ0) is 14.5. The van der Waals surface area contributed by atoms with Gasteiger partial charge >= 0.3 is 5.97 Å². The van der Waals surface area contributed by atoms with Crippen molar-refractivity contribution in [2.45, 2.75) is 39.3 Å². The fourth-order valence-corrected chi connectivity index (χ4v) is 2.35. The van der Waals surface area contributed by atoms with Gasteiger partial charge in [0.15, 0.2) is 0 Å². The van der Waals surface area contributed by atoms with E-state index in [0.717, 1.165) is 19.6 Å². The van der Waals surface area contributed by atoms with Crippen molar-refractivity contribution in [1.82, 2.24) is 0 Å². The van der Waals surface area contributed by atoms with Gasteiger partial charge in [0, 0.05) is 18.7 Å². The van der Waals surface area contributed by atoms with Crippen LogP contribution in [0, 0.1) is 0 Å². The number of hydrogen-bond donors (Lipinski definition) is 0. The minimum absolute atomic E-state index is 0.208. The van der Waals surface area contributed by atoms with Crippen LogP contribution in [0.15, 0.2) is 24.3 Å². The van der Waals surface area contributed by atoms with Crippen molar-refractivity contribution in [1.29, 1.82) is 0 Å². The molecule has 2 aliphatic rings.